The Labute approximate surface area is 164 Å². The summed E-state index contributed by atoms with van der Waals surface area (Å²) in [5.74, 6) is 1.11. The second kappa shape index (κ2) is 9.07. The molecule has 2 aliphatic heterocycles. The minimum Gasteiger partial charge on any atom is -0.370 e. The van der Waals surface area contributed by atoms with Gasteiger partial charge in [-0.15, -0.1) is 24.0 Å². The molecular weight excluding hydrogens is 472 g/mol. The molecule has 0 aromatic carbocycles. The first-order valence-corrected chi connectivity index (χ1v) is 9.66. The minimum absolute atomic E-state index is 0. The van der Waals surface area contributed by atoms with Gasteiger partial charge in [0.25, 0.3) is 0 Å². The number of sulfonamides is 1. The summed E-state index contributed by atoms with van der Waals surface area (Å²) in [5, 5.41) is 0. The molecule has 0 aromatic rings. The number of alkyl halides is 3. The number of piperidine rings is 2. The van der Waals surface area contributed by atoms with Crippen LogP contribution < -0.4 is 5.73 Å². The van der Waals surface area contributed by atoms with Crippen molar-refractivity contribution in [1.82, 2.24) is 9.21 Å². The molecule has 0 radical (unpaired) electrons. The van der Waals surface area contributed by atoms with Crippen LogP contribution in [0.1, 0.15) is 32.6 Å². The van der Waals surface area contributed by atoms with E-state index >= 15 is 0 Å². The highest BCUT2D eigenvalue weighted by Crippen LogP contribution is 2.30. The largest absolute Gasteiger partial charge is 0.511 e. The summed E-state index contributed by atoms with van der Waals surface area (Å²) in [5.41, 5.74) is 0.774. The fourth-order valence-corrected chi connectivity index (χ4v) is 4.18. The maximum absolute atomic E-state index is 12.5. The van der Waals surface area contributed by atoms with Gasteiger partial charge in [0.1, 0.15) is 0 Å². The van der Waals surface area contributed by atoms with Crippen LogP contribution in [0, 0.1) is 11.8 Å². The van der Waals surface area contributed by atoms with Crippen molar-refractivity contribution in [3.05, 3.63) is 0 Å². The molecule has 2 aliphatic rings. The Morgan fingerprint density at radius 1 is 1.20 bits per heavy atom. The highest BCUT2D eigenvalue weighted by molar-refractivity contribution is 14.0. The van der Waals surface area contributed by atoms with E-state index in [1.165, 1.54) is 6.42 Å². The molecule has 2 N–H and O–H groups in total. The molecular formula is C14H26F3IN4O2S. The van der Waals surface area contributed by atoms with Crippen molar-refractivity contribution in [2.24, 2.45) is 22.6 Å². The minimum atomic E-state index is -5.23. The molecule has 0 aromatic heterocycles. The molecule has 2 saturated heterocycles. The van der Waals surface area contributed by atoms with Crippen LogP contribution in [-0.2, 0) is 10.0 Å². The molecule has 0 aliphatic carbocycles. The number of hydrogen-bond donors (Lipinski definition) is 1. The van der Waals surface area contributed by atoms with Gasteiger partial charge in [0.2, 0.25) is 0 Å². The molecule has 2 rings (SSSR count). The van der Waals surface area contributed by atoms with Crippen LogP contribution in [0.25, 0.3) is 0 Å². The number of aliphatic imine (C=N–C) groups is 1. The zero-order valence-electron chi connectivity index (χ0n) is 14.2. The van der Waals surface area contributed by atoms with Crippen LogP contribution in [-0.4, -0.2) is 61.8 Å². The van der Waals surface area contributed by atoms with Gasteiger partial charge in [-0.1, -0.05) is 6.92 Å². The Bertz CT molecular complexity index is 563. The number of guanidine groups is 1. The molecule has 25 heavy (non-hydrogen) atoms. The van der Waals surface area contributed by atoms with E-state index in [1.54, 1.807) is 0 Å². The third-order valence-corrected chi connectivity index (χ3v) is 6.33. The first-order valence-electron chi connectivity index (χ1n) is 8.22. The molecule has 6 nitrogen and oxygen atoms in total. The molecule has 0 amide bonds. The second-order valence-corrected chi connectivity index (χ2v) is 8.61. The highest BCUT2D eigenvalue weighted by atomic mass is 127. The van der Waals surface area contributed by atoms with Crippen LogP contribution in [0.3, 0.4) is 0 Å². The lowest BCUT2D eigenvalue weighted by atomic mass is 9.98. The highest BCUT2D eigenvalue weighted by Gasteiger charge is 2.50. The zero-order chi connectivity index (χ0) is 18.0. The summed E-state index contributed by atoms with van der Waals surface area (Å²) in [6, 6.07) is 0. The fourth-order valence-electron chi connectivity index (χ4n) is 3.20. The number of nitrogens with two attached hydrogens (primary N) is 1. The van der Waals surface area contributed by atoms with Crippen molar-refractivity contribution in [2.75, 3.05) is 32.7 Å². The quantitative estimate of drug-likeness (QED) is 0.368. The maximum Gasteiger partial charge on any atom is 0.511 e. The summed E-state index contributed by atoms with van der Waals surface area (Å²) in [7, 11) is -5.21. The standard InChI is InChI=1S/C14H25F3N4O2S.HI/c1-11-3-2-6-20(10-11)13(18)19-9-12-4-7-21(8-5-12)24(22,23)14(15,16)17;/h11-12H,2-10H2,1H3,(H2,18,19);1H. The Balaban J connectivity index is 0.00000312. The van der Waals surface area contributed by atoms with E-state index in [0.29, 0.717) is 35.6 Å². The summed E-state index contributed by atoms with van der Waals surface area (Å²) in [4.78, 5) is 6.41. The first kappa shape index (κ1) is 22.7. The van der Waals surface area contributed by atoms with E-state index in [0.717, 1.165) is 19.5 Å². The van der Waals surface area contributed by atoms with Crippen LogP contribution in [0.4, 0.5) is 13.2 Å². The van der Waals surface area contributed by atoms with Crippen LogP contribution in [0.5, 0.6) is 0 Å². The number of likely N-dealkylation sites (tertiary alicyclic amines) is 1. The van der Waals surface area contributed by atoms with Crippen molar-refractivity contribution >= 4 is 40.0 Å². The van der Waals surface area contributed by atoms with Gasteiger partial charge in [-0.3, -0.25) is 4.99 Å². The number of nitrogens with zero attached hydrogens (tertiary/aromatic N) is 3. The molecule has 148 valence electrons. The van der Waals surface area contributed by atoms with Crippen molar-refractivity contribution in [1.29, 1.82) is 0 Å². The molecule has 2 heterocycles. The number of rotatable bonds is 3. The molecule has 2 fully saturated rings. The topological polar surface area (TPSA) is 79.0 Å². The Morgan fingerprint density at radius 3 is 2.32 bits per heavy atom. The summed E-state index contributed by atoms with van der Waals surface area (Å²) in [6.45, 7) is 4.10. The van der Waals surface area contributed by atoms with Crippen molar-refractivity contribution in [3.8, 4) is 0 Å². The van der Waals surface area contributed by atoms with E-state index < -0.39 is 15.5 Å². The van der Waals surface area contributed by atoms with Gasteiger partial charge in [-0.2, -0.15) is 17.5 Å². The summed E-state index contributed by atoms with van der Waals surface area (Å²) in [6.07, 6.45) is 2.98. The van der Waals surface area contributed by atoms with Gasteiger partial charge in [-0.25, -0.2) is 8.42 Å². The maximum atomic E-state index is 12.5. The third kappa shape index (κ3) is 5.84. The van der Waals surface area contributed by atoms with Crippen molar-refractivity contribution < 1.29 is 21.6 Å². The Morgan fingerprint density at radius 2 is 1.80 bits per heavy atom. The van der Waals surface area contributed by atoms with Gasteiger partial charge in [0, 0.05) is 32.7 Å². The van der Waals surface area contributed by atoms with Crippen LogP contribution >= 0.6 is 24.0 Å². The van der Waals surface area contributed by atoms with Crippen LogP contribution in [0.15, 0.2) is 4.99 Å². The molecule has 0 spiro atoms. The molecule has 0 saturated carbocycles. The fraction of sp³-hybridized carbons (Fsp3) is 0.929. The predicted octanol–water partition coefficient (Wildman–Crippen LogP) is 2.21. The first-order chi connectivity index (χ1) is 11.1. The van der Waals surface area contributed by atoms with Gasteiger partial charge in [-0.05, 0) is 37.5 Å². The summed E-state index contributed by atoms with van der Waals surface area (Å²) < 4.78 is 60.8. The predicted molar refractivity (Wildman–Crippen MR) is 101 cm³/mol. The molecule has 0 bridgehead atoms. The van der Waals surface area contributed by atoms with E-state index in [9.17, 15) is 21.6 Å². The lowest BCUT2D eigenvalue weighted by Crippen LogP contribution is -2.46. The van der Waals surface area contributed by atoms with Gasteiger partial charge in [0.05, 0.1) is 0 Å². The normalized spacial score (nSPS) is 24.9. The molecule has 1 unspecified atom stereocenters. The Hall–Kier alpha value is -0.300. The van der Waals surface area contributed by atoms with E-state index in [-0.39, 0.29) is 43.0 Å². The summed E-state index contributed by atoms with van der Waals surface area (Å²) >= 11 is 0. The lowest BCUT2D eigenvalue weighted by molar-refractivity contribution is -0.0496. The SMILES string of the molecule is CC1CCCN(C(N)=NCC2CCN(S(=O)(=O)C(F)(F)F)CC2)C1.I. The van der Waals surface area contributed by atoms with E-state index in [1.807, 2.05) is 4.90 Å². The average Bonchev–Trinajstić information content (AvgIpc) is 2.52. The molecule has 11 heteroatoms. The zero-order valence-corrected chi connectivity index (χ0v) is 17.4. The monoisotopic (exact) mass is 498 g/mol. The number of hydrogen-bond acceptors (Lipinski definition) is 3. The second-order valence-electron chi connectivity index (χ2n) is 6.69. The molecule has 1 atom stereocenters. The Kier molecular flexibility index (Phi) is 8.25. The lowest BCUT2D eigenvalue weighted by Gasteiger charge is -2.33. The van der Waals surface area contributed by atoms with Crippen molar-refractivity contribution in [3.63, 3.8) is 0 Å². The smallest absolute Gasteiger partial charge is 0.370 e. The number of halogens is 4. The van der Waals surface area contributed by atoms with Gasteiger partial charge < -0.3 is 10.6 Å². The third-order valence-electron chi connectivity index (χ3n) is 4.70. The van der Waals surface area contributed by atoms with Crippen molar-refractivity contribution in [2.45, 2.75) is 38.1 Å². The van der Waals surface area contributed by atoms with Gasteiger partial charge in [0.15, 0.2) is 5.96 Å². The van der Waals surface area contributed by atoms with Gasteiger partial charge >= 0.3 is 15.5 Å². The van der Waals surface area contributed by atoms with Crippen LogP contribution in [0.2, 0.25) is 0 Å². The average molecular weight is 498 g/mol. The van der Waals surface area contributed by atoms with E-state index in [2.05, 4.69) is 11.9 Å². The van der Waals surface area contributed by atoms with E-state index in [4.69, 9.17) is 5.73 Å².